The van der Waals surface area contributed by atoms with Crippen LogP contribution in [0.4, 0.5) is 0 Å². The van der Waals surface area contributed by atoms with Crippen molar-refractivity contribution in [3.63, 3.8) is 0 Å². The van der Waals surface area contributed by atoms with Gasteiger partial charge >= 0.3 is 0 Å². The molecule has 0 aromatic heterocycles. The lowest BCUT2D eigenvalue weighted by molar-refractivity contribution is -0.133. The van der Waals surface area contributed by atoms with E-state index >= 15 is 0 Å². The molecule has 27 heavy (non-hydrogen) atoms. The number of carbonyl (C=O) groups excluding carboxylic acids is 1. The minimum absolute atomic E-state index is 0.0491. The Kier molecular flexibility index (Phi) is 4.70. The minimum atomic E-state index is -3.42. The molecule has 2 aromatic carbocycles. The molecule has 0 bridgehead atoms. The molecule has 1 saturated carbocycles. The van der Waals surface area contributed by atoms with Crippen LogP contribution in [0.15, 0.2) is 41.3 Å². The third kappa shape index (κ3) is 3.46. The van der Waals surface area contributed by atoms with Gasteiger partial charge in [0.05, 0.1) is 16.7 Å². The fraction of sp³-hybridized carbons (Fsp3) is 0.316. The number of hydrogen-bond acceptors (Lipinski definition) is 3. The van der Waals surface area contributed by atoms with Crippen LogP contribution in [0.25, 0.3) is 0 Å². The van der Waals surface area contributed by atoms with Crippen molar-refractivity contribution >= 4 is 50.5 Å². The van der Waals surface area contributed by atoms with Gasteiger partial charge in [-0.3, -0.25) is 4.79 Å². The monoisotopic (exact) mass is 443 g/mol. The van der Waals surface area contributed by atoms with E-state index in [4.69, 9.17) is 34.8 Å². The summed E-state index contributed by atoms with van der Waals surface area (Å²) < 4.78 is 24.9. The molecule has 2 aliphatic rings. The van der Waals surface area contributed by atoms with Crippen LogP contribution in [0.3, 0.4) is 0 Å². The Hall–Kier alpha value is -1.27. The van der Waals surface area contributed by atoms with E-state index in [1.807, 2.05) is 12.1 Å². The molecular weight excluding hydrogens is 429 g/mol. The van der Waals surface area contributed by atoms with Gasteiger partial charge in [-0.2, -0.15) is 0 Å². The van der Waals surface area contributed by atoms with Gasteiger partial charge in [-0.1, -0.05) is 34.8 Å². The molecule has 1 aliphatic carbocycles. The summed E-state index contributed by atoms with van der Waals surface area (Å²) >= 11 is 18.2. The molecule has 4 rings (SSSR count). The van der Waals surface area contributed by atoms with Gasteiger partial charge in [0.25, 0.3) is 0 Å². The van der Waals surface area contributed by atoms with Crippen LogP contribution in [0, 0.1) is 5.92 Å². The van der Waals surface area contributed by atoms with Gasteiger partial charge in [-0.15, -0.1) is 0 Å². The molecule has 0 N–H and O–H groups in total. The first-order valence-corrected chi connectivity index (χ1v) is 11.2. The Labute approximate surface area is 172 Å². The fourth-order valence-electron chi connectivity index (χ4n) is 3.81. The summed E-state index contributed by atoms with van der Waals surface area (Å²) in [6, 6.07) is 9.47. The maximum atomic E-state index is 13.0. The number of halogens is 3. The molecule has 3 atom stereocenters. The fourth-order valence-corrected chi connectivity index (χ4v) is 6.36. The normalized spacial score (nSPS) is 25.1. The van der Waals surface area contributed by atoms with Crippen molar-refractivity contribution in [3.8, 4) is 0 Å². The van der Waals surface area contributed by atoms with Gasteiger partial charge in [0, 0.05) is 28.0 Å². The number of benzene rings is 2. The highest BCUT2D eigenvalue weighted by Crippen LogP contribution is 2.50. The van der Waals surface area contributed by atoms with E-state index in [0.29, 0.717) is 27.1 Å². The molecule has 2 aromatic rings. The summed E-state index contributed by atoms with van der Waals surface area (Å²) in [7, 11) is -1.77. The maximum Gasteiger partial charge on any atom is 0.226 e. The summed E-state index contributed by atoms with van der Waals surface area (Å²) in [4.78, 5) is 14.8. The third-order valence-corrected chi connectivity index (χ3v) is 7.75. The van der Waals surface area contributed by atoms with Crippen molar-refractivity contribution in [3.05, 3.63) is 62.6 Å². The summed E-state index contributed by atoms with van der Waals surface area (Å²) in [6.45, 7) is 0. The van der Waals surface area contributed by atoms with Crippen molar-refractivity contribution in [2.24, 2.45) is 5.92 Å². The molecule has 1 fully saturated rings. The summed E-state index contributed by atoms with van der Waals surface area (Å²) in [5.41, 5.74) is 1.52. The van der Waals surface area contributed by atoms with Crippen LogP contribution in [-0.2, 0) is 14.6 Å². The number of fused-ring (bicyclic) bond motifs is 1. The maximum absolute atomic E-state index is 13.0. The smallest absolute Gasteiger partial charge is 0.226 e. The summed E-state index contributed by atoms with van der Waals surface area (Å²) in [6.07, 6.45) is 0.696. The van der Waals surface area contributed by atoms with Gasteiger partial charge in [-0.25, -0.2) is 8.42 Å². The van der Waals surface area contributed by atoms with E-state index in [1.165, 1.54) is 11.0 Å². The molecule has 1 aliphatic heterocycles. The first kappa shape index (κ1) is 19.1. The van der Waals surface area contributed by atoms with Crippen molar-refractivity contribution in [1.29, 1.82) is 0 Å². The Bertz CT molecular complexity index is 1030. The predicted octanol–water partition coefficient (Wildman–Crippen LogP) is 4.74. The molecule has 142 valence electrons. The molecule has 0 radical (unpaired) electrons. The Morgan fingerprint density at radius 2 is 1.70 bits per heavy atom. The second kappa shape index (κ2) is 6.66. The number of sulfone groups is 1. The molecule has 0 unspecified atom stereocenters. The zero-order valence-corrected chi connectivity index (χ0v) is 17.4. The van der Waals surface area contributed by atoms with E-state index in [9.17, 15) is 13.2 Å². The second-order valence-electron chi connectivity index (χ2n) is 7.08. The highest BCUT2D eigenvalue weighted by atomic mass is 35.5. The number of nitrogens with zero attached hydrogens (tertiary/aromatic N) is 1. The number of rotatable bonds is 3. The quantitative estimate of drug-likeness (QED) is 0.687. The van der Waals surface area contributed by atoms with Crippen molar-refractivity contribution in [2.45, 2.75) is 23.3 Å². The zero-order chi connectivity index (χ0) is 19.5. The van der Waals surface area contributed by atoms with Crippen LogP contribution in [0.5, 0.6) is 0 Å². The van der Waals surface area contributed by atoms with Crippen LogP contribution >= 0.6 is 34.8 Å². The second-order valence-corrected chi connectivity index (χ2v) is 10.4. The average molecular weight is 445 g/mol. The lowest BCUT2D eigenvalue weighted by atomic mass is 10.1. The van der Waals surface area contributed by atoms with Gasteiger partial charge in [-0.05, 0) is 59.9 Å². The van der Waals surface area contributed by atoms with E-state index in [2.05, 4.69) is 0 Å². The van der Waals surface area contributed by atoms with Gasteiger partial charge < -0.3 is 4.90 Å². The van der Waals surface area contributed by atoms with E-state index in [1.54, 1.807) is 25.2 Å². The molecule has 0 saturated heterocycles. The average Bonchev–Trinajstić information content (AvgIpc) is 3.33. The van der Waals surface area contributed by atoms with Crippen LogP contribution in [0.2, 0.25) is 15.1 Å². The number of hydrogen-bond donors (Lipinski definition) is 0. The summed E-state index contributed by atoms with van der Waals surface area (Å²) in [5, 5.41) is 1.53. The zero-order valence-electron chi connectivity index (χ0n) is 14.3. The highest BCUT2D eigenvalue weighted by molar-refractivity contribution is 7.91. The Morgan fingerprint density at radius 3 is 2.37 bits per heavy atom. The van der Waals surface area contributed by atoms with Crippen molar-refractivity contribution < 1.29 is 13.2 Å². The topological polar surface area (TPSA) is 54.5 Å². The molecule has 8 heteroatoms. The number of amides is 1. The Morgan fingerprint density at radius 1 is 1.04 bits per heavy atom. The Balaban J connectivity index is 1.57. The highest BCUT2D eigenvalue weighted by Gasteiger charge is 2.48. The van der Waals surface area contributed by atoms with E-state index in [0.717, 1.165) is 5.56 Å². The lowest BCUT2D eigenvalue weighted by Gasteiger charge is -2.25. The molecular formula is C19H16Cl3NO3S. The lowest BCUT2D eigenvalue weighted by Crippen LogP contribution is -2.33. The first-order chi connectivity index (χ1) is 12.7. The SMILES string of the molecule is CN(C(=O)[C@@H]1C[C@@H]1c1cc(Cl)cc(Cl)c1)[C@H]1CS(=O)(=O)c2ccc(Cl)cc21. The van der Waals surface area contributed by atoms with Gasteiger partial charge in [0.2, 0.25) is 5.91 Å². The van der Waals surface area contributed by atoms with Crippen LogP contribution < -0.4 is 0 Å². The minimum Gasteiger partial charge on any atom is -0.337 e. The molecule has 1 heterocycles. The van der Waals surface area contributed by atoms with Crippen LogP contribution in [0.1, 0.15) is 29.5 Å². The van der Waals surface area contributed by atoms with Gasteiger partial charge in [0.15, 0.2) is 9.84 Å². The third-order valence-electron chi connectivity index (χ3n) is 5.28. The predicted molar refractivity (Wildman–Crippen MR) is 106 cm³/mol. The first-order valence-electron chi connectivity index (χ1n) is 8.42. The molecule has 1 amide bonds. The van der Waals surface area contributed by atoms with Crippen molar-refractivity contribution in [1.82, 2.24) is 4.90 Å². The van der Waals surface area contributed by atoms with Gasteiger partial charge in [0.1, 0.15) is 0 Å². The molecule has 4 nitrogen and oxygen atoms in total. The van der Waals surface area contributed by atoms with E-state index < -0.39 is 15.9 Å². The summed E-state index contributed by atoms with van der Waals surface area (Å²) in [5.74, 6) is -0.349. The standard InChI is InChI=1S/C19H16Cl3NO3S/c1-23(17-9-27(25,26)18-3-2-11(20)7-16(17)18)19(24)15-8-14(15)10-4-12(21)6-13(22)5-10/h2-7,14-15,17H,8-9H2,1H3/t14-,15-,17+/m1/s1. The van der Waals surface area contributed by atoms with Crippen LogP contribution in [-0.4, -0.2) is 32.0 Å². The van der Waals surface area contributed by atoms with Crippen molar-refractivity contribution in [2.75, 3.05) is 12.8 Å². The largest absolute Gasteiger partial charge is 0.337 e. The number of carbonyl (C=O) groups is 1. The molecule has 0 spiro atoms. The van der Waals surface area contributed by atoms with E-state index in [-0.39, 0.29) is 28.4 Å².